The predicted molar refractivity (Wildman–Crippen MR) is 52.1 cm³/mol. The van der Waals surface area contributed by atoms with Crippen LogP contribution in [0.4, 0.5) is 0 Å². The molecule has 80 valence electrons. The second-order valence-corrected chi connectivity index (χ2v) is 3.60. The van der Waals surface area contributed by atoms with Crippen molar-refractivity contribution in [2.24, 2.45) is 0 Å². The fraction of sp³-hybridized carbons (Fsp3) is 0.333. The number of hydrogen-bond donors (Lipinski definition) is 1. The van der Waals surface area contributed by atoms with E-state index in [4.69, 9.17) is 4.55 Å². The SMILES string of the molecule is COc1ncc(S(=O)(=O)O)c(OC)n1.[NaH]. The summed E-state index contributed by atoms with van der Waals surface area (Å²) in [5.74, 6) is -0.264. The van der Waals surface area contributed by atoms with Gasteiger partial charge >= 0.3 is 45.7 Å². The topological polar surface area (TPSA) is 98.6 Å². The Bertz CT molecular complexity index is 435. The summed E-state index contributed by atoms with van der Waals surface area (Å²) in [4.78, 5) is 6.60. The summed E-state index contributed by atoms with van der Waals surface area (Å²) in [6, 6.07) is -0.0470. The van der Waals surface area contributed by atoms with Crippen LogP contribution in [0.5, 0.6) is 11.9 Å². The molecule has 0 radical (unpaired) electrons. The van der Waals surface area contributed by atoms with Gasteiger partial charge in [-0.15, -0.1) is 0 Å². The molecule has 1 heterocycles. The average Bonchev–Trinajstić information content (AvgIpc) is 2.15. The molecule has 7 nitrogen and oxygen atoms in total. The van der Waals surface area contributed by atoms with E-state index in [1.807, 2.05) is 0 Å². The maximum absolute atomic E-state index is 10.8. The van der Waals surface area contributed by atoms with E-state index in [0.29, 0.717) is 0 Å². The quantitative estimate of drug-likeness (QED) is 0.543. The van der Waals surface area contributed by atoms with Crippen LogP contribution in [0, 0.1) is 0 Å². The van der Waals surface area contributed by atoms with Crippen molar-refractivity contribution in [3.05, 3.63) is 6.20 Å². The van der Waals surface area contributed by atoms with Crippen molar-refractivity contribution in [1.29, 1.82) is 0 Å². The second-order valence-electron chi connectivity index (χ2n) is 2.21. The molecule has 1 aromatic heterocycles. The van der Waals surface area contributed by atoms with Crippen LogP contribution in [0.2, 0.25) is 0 Å². The van der Waals surface area contributed by atoms with Crippen molar-refractivity contribution in [2.45, 2.75) is 4.90 Å². The van der Waals surface area contributed by atoms with E-state index in [9.17, 15) is 8.42 Å². The van der Waals surface area contributed by atoms with Crippen LogP contribution in [-0.2, 0) is 10.1 Å². The Kier molecular flexibility index (Phi) is 5.46. The molecule has 1 aromatic rings. The molecule has 1 N–H and O–H groups in total. The van der Waals surface area contributed by atoms with E-state index in [2.05, 4.69) is 19.4 Å². The van der Waals surface area contributed by atoms with E-state index in [0.717, 1.165) is 6.20 Å². The Labute approximate surface area is 109 Å². The van der Waals surface area contributed by atoms with Crippen molar-refractivity contribution in [3.63, 3.8) is 0 Å². The zero-order valence-electron chi connectivity index (χ0n) is 7.46. The first kappa shape index (κ1) is 14.6. The average molecular weight is 244 g/mol. The molecule has 1 rings (SSSR count). The Morgan fingerprint density at radius 3 is 2.33 bits per heavy atom. The summed E-state index contributed by atoms with van der Waals surface area (Å²) in [7, 11) is -1.84. The first-order chi connectivity index (χ1) is 6.49. The number of rotatable bonds is 3. The Morgan fingerprint density at radius 1 is 1.33 bits per heavy atom. The van der Waals surface area contributed by atoms with Gasteiger partial charge < -0.3 is 9.47 Å². The van der Waals surface area contributed by atoms with Gasteiger partial charge in [-0.05, 0) is 0 Å². The number of hydrogen-bond acceptors (Lipinski definition) is 6. The van der Waals surface area contributed by atoms with Crippen LogP contribution in [0.1, 0.15) is 0 Å². The van der Waals surface area contributed by atoms with Crippen LogP contribution >= 0.6 is 0 Å². The molecule has 0 unspecified atom stereocenters. The van der Waals surface area contributed by atoms with Crippen molar-refractivity contribution in [3.8, 4) is 11.9 Å². The van der Waals surface area contributed by atoms with E-state index >= 15 is 0 Å². The van der Waals surface area contributed by atoms with Crippen molar-refractivity contribution < 1.29 is 22.4 Å². The van der Waals surface area contributed by atoms with Gasteiger partial charge in [0.05, 0.1) is 20.4 Å². The third-order valence-electron chi connectivity index (χ3n) is 1.35. The molecule has 0 amide bonds. The normalized spacial score (nSPS) is 10.3. The van der Waals surface area contributed by atoms with Crippen molar-refractivity contribution in [1.82, 2.24) is 9.97 Å². The molecular weight excluding hydrogens is 235 g/mol. The van der Waals surface area contributed by atoms with Gasteiger partial charge in [0.1, 0.15) is 0 Å². The van der Waals surface area contributed by atoms with Gasteiger partial charge in [0, 0.05) is 0 Å². The standard InChI is InChI=1S/C6H8N2O5S.Na.H/c1-12-5-4(14(9,10)11)3-7-6(8-5)13-2;;/h3H,1-2H3,(H,9,10,11);;. The Hall–Kier alpha value is -0.410. The molecule has 0 aliphatic heterocycles. The van der Waals surface area contributed by atoms with Crippen LogP contribution < -0.4 is 9.47 Å². The number of methoxy groups -OCH3 is 2. The minimum absolute atomic E-state index is 0. The summed E-state index contributed by atoms with van der Waals surface area (Å²) in [6.45, 7) is 0. The monoisotopic (exact) mass is 244 g/mol. The van der Waals surface area contributed by atoms with Crippen LogP contribution in [0.15, 0.2) is 11.1 Å². The van der Waals surface area contributed by atoms with Gasteiger partial charge in [-0.2, -0.15) is 13.4 Å². The van der Waals surface area contributed by atoms with Crippen LogP contribution in [0.3, 0.4) is 0 Å². The molecule has 0 saturated heterocycles. The molecule has 0 aliphatic carbocycles. The Morgan fingerprint density at radius 2 is 1.93 bits per heavy atom. The fourth-order valence-corrected chi connectivity index (χ4v) is 1.30. The van der Waals surface area contributed by atoms with E-state index in [1.165, 1.54) is 14.2 Å². The van der Waals surface area contributed by atoms with Gasteiger partial charge in [0.2, 0.25) is 5.88 Å². The zero-order valence-corrected chi connectivity index (χ0v) is 8.28. The summed E-state index contributed by atoms with van der Waals surface area (Å²) in [5.41, 5.74) is 0. The first-order valence-corrected chi connectivity index (χ1v) is 4.85. The van der Waals surface area contributed by atoms with Gasteiger partial charge in [-0.25, -0.2) is 4.98 Å². The first-order valence-electron chi connectivity index (χ1n) is 3.41. The van der Waals surface area contributed by atoms with Gasteiger partial charge in [-0.1, -0.05) is 0 Å². The molecule has 0 saturated carbocycles. The summed E-state index contributed by atoms with van der Waals surface area (Å²) >= 11 is 0. The molecule has 15 heavy (non-hydrogen) atoms. The van der Waals surface area contributed by atoms with Crippen molar-refractivity contribution in [2.75, 3.05) is 14.2 Å². The van der Waals surface area contributed by atoms with Crippen LogP contribution in [0.25, 0.3) is 0 Å². The molecule has 9 heteroatoms. The third kappa shape index (κ3) is 3.58. The fourth-order valence-electron chi connectivity index (χ4n) is 0.761. The summed E-state index contributed by atoms with van der Waals surface area (Å²) < 4.78 is 39.6. The number of nitrogens with zero attached hydrogens (tertiary/aromatic N) is 2. The van der Waals surface area contributed by atoms with E-state index < -0.39 is 15.0 Å². The molecule has 0 fully saturated rings. The van der Waals surface area contributed by atoms with E-state index in [-0.39, 0.29) is 41.4 Å². The van der Waals surface area contributed by atoms with Gasteiger partial charge in [0.25, 0.3) is 0 Å². The number of ether oxygens (including phenoxy) is 2. The van der Waals surface area contributed by atoms with Gasteiger partial charge in [-0.3, -0.25) is 4.55 Å². The molecule has 0 bridgehead atoms. The maximum atomic E-state index is 10.8. The minimum atomic E-state index is -4.38. The van der Waals surface area contributed by atoms with E-state index in [1.54, 1.807) is 0 Å². The molecule has 0 spiro atoms. The molecule has 0 atom stereocenters. The molecule has 0 aromatic carbocycles. The third-order valence-corrected chi connectivity index (χ3v) is 2.19. The predicted octanol–water partition coefficient (Wildman–Crippen LogP) is -0.908. The zero-order chi connectivity index (χ0) is 10.8. The number of aromatic nitrogens is 2. The molecule has 0 aliphatic rings. The van der Waals surface area contributed by atoms with Crippen LogP contribution in [-0.4, -0.2) is 66.7 Å². The van der Waals surface area contributed by atoms with Crippen molar-refractivity contribution >= 4 is 39.7 Å². The summed E-state index contributed by atoms with van der Waals surface area (Å²) in [6.07, 6.45) is 0.903. The summed E-state index contributed by atoms with van der Waals surface area (Å²) in [5, 5.41) is 0. The second kappa shape index (κ2) is 5.61. The molecular formula is C6H9N2NaO5S. The van der Waals surface area contributed by atoms with Gasteiger partial charge in [0.15, 0.2) is 4.90 Å². The Balaban J connectivity index is 0.00000196.